The summed E-state index contributed by atoms with van der Waals surface area (Å²) in [6.45, 7) is 5.41. The van der Waals surface area contributed by atoms with E-state index < -0.39 is 0 Å². The molecule has 1 heterocycles. The highest BCUT2D eigenvalue weighted by molar-refractivity contribution is 4.93. The minimum atomic E-state index is -0.287. The highest BCUT2D eigenvalue weighted by atomic mass is 16.5. The summed E-state index contributed by atoms with van der Waals surface area (Å²) >= 11 is 0. The molecule has 0 saturated carbocycles. The summed E-state index contributed by atoms with van der Waals surface area (Å²) in [6.07, 6.45) is 6.24. The molecule has 0 fully saturated rings. The standard InChI is InChI=1S/C11H18N2O/c1-11(2,8-12)9-13-7-10-5-3-4-6-14-10/h4,6,10,13H,3,5,7,9H2,1-2H3. The van der Waals surface area contributed by atoms with E-state index in [9.17, 15) is 0 Å². The van der Waals surface area contributed by atoms with E-state index >= 15 is 0 Å². The quantitative estimate of drug-likeness (QED) is 0.742. The van der Waals surface area contributed by atoms with Crippen LogP contribution in [0, 0.1) is 16.7 Å². The van der Waals surface area contributed by atoms with Gasteiger partial charge in [-0.2, -0.15) is 5.26 Å². The summed E-state index contributed by atoms with van der Waals surface area (Å²) in [6, 6.07) is 2.26. The molecule has 1 aliphatic rings. The first kappa shape index (κ1) is 11.1. The molecular weight excluding hydrogens is 176 g/mol. The molecule has 0 aromatic carbocycles. The summed E-state index contributed by atoms with van der Waals surface area (Å²) in [5.41, 5.74) is -0.287. The molecule has 1 atom stereocenters. The Hall–Kier alpha value is -1.01. The van der Waals surface area contributed by atoms with Gasteiger partial charge < -0.3 is 10.1 Å². The summed E-state index contributed by atoms with van der Waals surface area (Å²) in [7, 11) is 0. The summed E-state index contributed by atoms with van der Waals surface area (Å²) < 4.78 is 5.40. The predicted octanol–water partition coefficient (Wildman–Crippen LogP) is 1.82. The van der Waals surface area contributed by atoms with Crippen molar-refractivity contribution in [3.05, 3.63) is 12.3 Å². The second kappa shape index (κ2) is 5.02. The van der Waals surface area contributed by atoms with E-state index in [0.717, 1.165) is 19.4 Å². The van der Waals surface area contributed by atoms with Crippen LogP contribution in [-0.2, 0) is 4.74 Å². The Balaban J connectivity index is 2.15. The van der Waals surface area contributed by atoms with Crippen LogP contribution >= 0.6 is 0 Å². The molecular formula is C11H18N2O. The highest BCUT2D eigenvalue weighted by Crippen LogP contribution is 2.12. The number of ether oxygens (including phenoxy) is 1. The van der Waals surface area contributed by atoms with Gasteiger partial charge in [-0.1, -0.05) is 0 Å². The average molecular weight is 194 g/mol. The van der Waals surface area contributed by atoms with Gasteiger partial charge in [0.05, 0.1) is 17.7 Å². The summed E-state index contributed by atoms with van der Waals surface area (Å²) in [4.78, 5) is 0. The number of nitrogens with one attached hydrogen (secondary N) is 1. The number of hydrogen-bond donors (Lipinski definition) is 1. The van der Waals surface area contributed by atoms with E-state index in [-0.39, 0.29) is 11.5 Å². The van der Waals surface area contributed by atoms with Gasteiger partial charge in [0.2, 0.25) is 0 Å². The molecule has 1 aliphatic heterocycles. The van der Waals surface area contributed by atoms with Crippen molar-refractivity contribution >= 4 is 0 Å². The molecule has 14 heavy (non-hydrogen) atoms. The lowest BCUT2D eigenvalue weighted by atomic mass is 9.96. The van der Waals surface area contributed by atoms with Crippen LogP contribution < -0.4 is 5.32 Å². The van der Waals surface area contributed by atoms with Crippen LogP contribution in [0.25, 0.3) is 0 Å². The Labute approximate surface area is 85.7 Å². The zero-order valence-electron chi connectivity index (χ0n) is 8.92. The Morgan fingerprint density at radius 2 is 2.43 bits per heavy atom. The third-order valence-corrected chi connectivity index (χ3v) is 2.26. The van der Waals surface area contributed by atoms with Crippen LogP contribution in [0.5, 0.6) is 0 Å². The third kappa shape index (κ3) is 3.80. The molecule has 0 aliphatic carbocycles. The van der Waals surface area contributed by atoms with Crippen molar-refractivity contribution in [3.63, 3.8) is 0 Å². The molecule has 0 saturated heterocycles. The van der Waals surface area contributed by atoms with Crippen molar-refractivity contribution in [2.75, 3.05) is 13.1 Å². The van der Waals surface area contributed by atoms with Gasteiger partial charge in [-0.3, -0.25) is 0 Å². The van der Waals surface area contributed by atoms with Gasteiger partial charge in [-0.25, -0.2) is 0 Å². The molecule has 3 nitrogen and oxygen atoms in total. The van der Waals surface area contributed by atoms with Crippen LogP contribution in [0.3, 0.4) is 0 Å². The molecule has 1 rings (SSSR count). The fraction of sp³-hybridized carbons (Fsp3) is 0.727. The number of nitrogens with zero attached hydrogens (tertiary/aromatic N) is 1. The molecule has 0 aromatic rings. The largest absolute Gasteiger partial charge is 0.497 e. The minimum Gasteiger partial charge on any atom is -0.497 e. The molecule has 1 unspecified atom stereocenters. The monoisotopic (exact) mass is 194 g/mol. The lowest BCUT2D eigenvalue weighted by Crippen LogP contribution is -2.35. The molecule has 0 radical (unpaired) electrons. The number of nitriles is 1. The molecule has 0 amide bonds. The highest BCUT2D eigenvalue weighted by Gasteiger charge is 2.17. The van der Waals surface area contributed by atoms with E-state index in [4.69, 9.17) is 10.00 Å². The van der Waals surface area contributed by atoms with E-state index in [1.807, 2.05) is 19.9 Å². The van der Waals surface area contributed by atoms with E-state index in [2.05, 4.69) is 11.4 Å². The second-order valence-corrected chi connectivity index (χ2v) is 4.33. The van der Waals surface area contributed by atoms with Gasteiger partial charge in [0.1, 0.15) is 6.10 Å². The number of rotatable bonds is 4. The number of allylic oxidation sites excluding steroid dienone is 1. The van der Waals surface area contributed by atoms with E-state index in [1.165, 1.54) is 0 Å². The van der Waals surface area contributed by atoms with Crippen molar-refractivity contribution in [1.29, 1.82) is 5.26 Å². The van der Waals surface area contributed by atoms with Gasteiger partial charge in [0.15, 0.2) is 0 Å². The zero-order chi connectivity index (χ0) is 10.4. The van der Waals surface area contributed by atoms with Crippen LogP contribution in [0.1, 0.15) is 26.7 Å². The zero-order valence-corrected chi connectivity index (χ0v) is 8.92. The van der Waals surface area contributed by atoms with Gasteiger partial charge in [-0.05, 0) is 32.8 Å². The van der Waals surface area contributed by atoms with Crippen molar-refractivity contribution in [3.8, 4) is 6.07 Å². The minimum absolute atomic E-state index is 0.273. The topological polar surface area (TPSA) is 45.0 Å². The summed E-state index contributed by atoms with van der Waals surface area (Å²) in [5, 5.41) is 12.1. The van der Waals surface area contributed by atoms with Gasteiger partial charge in [0.25, 0.3) is 0 Å². The molecule has 0 aromatic heterocycles. The first-order valence-corrected chi connectivity index (χ1v) is 5.06. The lowest BCUT2D eigenvalue weighted by molar-refractivity contribution is 0.120. The first-order valence-electron chi connectivity index (χ1n) is 5.06. The molecule has 1 N–H and O–H groups in total. The van der Waals surface area contributed by atoms with Crippen LogP contribution in [0.15, 0.2) is 12.3 Å². The van der Waals surface area contributed by atoms with Crippen molar-refractivity contribution in [2.45, 2.75) is 32.8 Å². The smallest absolute Gasteiger partial charge is 0.110 e. The van der Waals surface area contributed by atoms with Crippen LogP contribution in [0.2, 0.25) is 0 Å². The molecule has 0 bridgehead atoms. The maximum atomic E-state index is 8.80. The maximum Gasteiger partial charge on any atom is 0.110 e. The van der Waals surface area contributed by atoms with Crippen LogP contribution in [0.4, 0.5) is 0 Å². The molecule has 78 valence electrons. The number of hydrogen-bond acceptors (Lipinski definition) is 3. The van der Waals surface area contributed by atoms with Gasteiger partial charge >= 0.3 is 0 Å². The predicted molar refractivity (Wildman–Crippen MR) is 55.5 cm³/mol. The van der Waals surface area contributed by atoms with Crippen molar-refractivity contribution < 1.29 is 4.74 Å². The fourth-order valence-corrected chi connectivity index (χ4v) is 1.32. The van der Waals surface area contributed by atoms with E-state index in [0.29, 0.717) is 6.54 Å². The Morgan fingerprint density at radius 1 is 1.64 bits per heavy atom. The third-order valence-electron chi connectivity index (χ3n) is 2.26. The van der Waals surface area contributed by atoms with Gasteiger partial charge in [-0.15, -0.1) is 0 Å². The second-order valence-electron chi connectivity index (χ2n) is 4.33. The van der Waals surface area contributed by atoms with Crippen molar-refractivity contribution in [2.24, 2.45) is 5.41 Å². The Bertz CT molecular complexity index is 240. The average Bonchev–Trinajstić information content (AvgIpc) is 2.19. The normalized spacial score (nSPS) is 21.4. The summed E-state index contributed by atoms with van der Waals surface area (Å²) in [5.74, 6) is 0. The SMILES string of the molecule is CC(C)(C#N)CNCC1CCC=CO1. The molecule has 0 spiro atoms. The van der Waals surface area contributed by atoms with E-state index in [1.54, 1.807) is 6.26 Å². The first-order chi connectivity index (χ1) is 6.64. The Morgan fingerprint density at radius 3 is 3.00 bits per heavy atom. The van der Waals surface area contributed by atoms with Crippen LogP contribution in [-0.4, -0.2) is 19.2 Å². The van der Waals surface area contributed by atoms with Crippen molar-refractivity contribution in [1.82, 2.24) is 5.32 Å². The maximum absolute atomic E-state index is 8.80. The fourth-order valence-electron chi connectivity index (χ4n) is 1.32. The Kier molecular flexibility index (Phi) is 3.97. The van der Waals surface area contributed by atoms with Gasteiger partial charge in [0, 0.05) is 13.1 Å². The molecule has 3 heteroatoms. The lowest BCUT2D eigenvalue weighted by Gasteiger charge is -2.22.